The number of amides is 1. The highest BCUT2D eigenvalue weighted by molar-refractivity contribution is 7.47. The van der Waals surface area contributed by atoms with Crippen LogP contribution in [0.2, 0.25) is 0 Å². The van der Waals surface area contributed by atoms with Crippen LogP contribution in [0.15, 0.2) is 134 Å². The summed E-state index contributed by atoms with van der Waals surface area (Å²) in [7, 11) is 1.47. The number of nitrogens with one attached hydrogen (secondary N) is 1. The van der Waals surface area contributed by atoms with Crippen LogP contribution in [0.25, 0.3) is 0 Å². The third-order valence-corrected chi connectivity index (χ3v) is 16.6. The number of carbonyl (C=O) groups excluding carboxylic acids is 2. The Balaban J connectivity index is 5.16. The Bertz CT molecular complexity index is 1990. The lowest BCUT2D eigenvalue weighted by atomic mass is 10.0. The van der Waals surface area contributed by atoms with Crippen LogP contribution in [0, 0.1) is 0 Å². The van der Waals surface area contributed by atoms with Gasteiger partial charge in [-0.1, -0.05) is 296 Å². The monoisotopic (exact) mass is 1260 g/mol. The second-order valence-electron chi connectivity index (χ2n) is 25.4. The molecule has 0 aliphatic heterocycles. The summed E-state index contributed by atoms with van der Waals surface area (Å²) in [5.74, 6) is -0.531. The van der Waals surface area contributed by atoms with E-state index in [1.165, 1.54) is 116 Å². The molecule has 0 heterocycles. The highest BCUT2D eigenvalue weighted by Gasteiger charge is 2.30. The van der Waals surface area contributed by atoms with Crippen LogP contribution in [-0.2, 0) is 27.9 Å². The van der Waals surface area contributed by atoms with E-state index in [0.29, 0.717) is 17.4 Å². The van der Waals surface area contributed by atoms with E-state index in [-0.39, 0.29) is 31.5 Å². The fraction of sp³-hybridized carbons (Fsp3) is 0.696. The largest absolute Gasteiger partial charge is 0.472 e. The maximum atomic E-state index is 13.6. The molecule has 0 aromatic carbocycles. The molecule has 89 heavy (non-hydrogen) atoms. The van der Waals surface area contributed by atoms with Crippen molar-refractivity contribution >= 4 is 19.7 Å². The molecule has 1 amide bonds. The van der Waals surface area contributed by atoms with Crippen molar-refractivity contribution in [2.24, 2.45) is 0 Å². The van der Waals surface area contributed by atoms with Gasteiger partial charge in [-0.3, -0.25) is 18.6 Å². The van der Waals surface area contributed by atoms with E-state index in [2.05, 4.69) is 148 Å². The van der Waals surface area contributed by atoms with Gasteiger partial charge in [0.25, 0.3) is 0 Å². The Kier molecular flexibility index (Phi) is 64.2. The molecule has 0 spiro atoms. The minimum Gasteiger partial charge on any atom is -0.456 e. The average Bonchev–Trinajstić information content (AvgIpc) is 3.67. The molecule has 3 unspecified atom stereocenters. The quantitative estimate of drug-likeness (QED) is 0.0205. The van der Waals surface area contributed by atoms with Crippen molar-refractivity contribution in [3.8, 4) is 0 Å². The molecule has 0 saturated heterocycles. The Morgan fingerprint density at radius 1 is 0.404 bits per heavy atom. The van der Waals surface area contributed by atoms with Gasteiger partial charge < -0.3 is 19.4 Å². The van der Waals surface area contributed by atoms with Crippen molar-refractivity contribution in [1.82, 2.24) is 5.32 Å². The third kappa shape index (κ3) is 68.4. The van der Waals surface area contributed by atoms with E-state index in [9.17, 15) is 19.0 Å². The van der Waals surface area contributed by atoms with Crippen molar-refractivity contribution in [2.75, 3.05) is 40.9 Å². The average molecular weight is 1260 g/mol. The zero-order chi connectivity index (χ0) is 64.9. The predicted molar refractivity (Wildman–Crippen MR) is 387 cm³/mol. The molecule has 0 radical (unpaired) electrons. The molecule has 0 aliphatic carbocycles. The summed E-state index contributed by atoms with van der Waals surface area (Å²) in [5.41, 5.74) is 0. The predicted octanol–water partition coefficient (Wildman–Crippen LogP) is 23.6. The summed E-state index contributed by atoms with van der Waals surface area (Å²) >= 11 is 0. The SMILES string of the molecule is CC/C=C\C/C=C\C/C=C\C/C=C\C/C=C\C/C=C\CCCCCCCCC(=O)NC(COP(=O)(O)OCC[N+](C)(C)C)C(/C=C/CCCCCCCCCCCCC)OC(=O)CCCCCCCCCCC/C=C\C/C=C\C/C=C\C/C=C\CCCCC. The highest BCUT2D eigenvalue weighted by Crippen LogP contribution is 2.43. The Hall–Kier alpha value is -3.85. The molecule has 0 fully saturated rings. The fourth-order valence-corrected chi connectivity index (χ4v) is 10.7. The lowest BCUT2D eigenvalue weighted by molar-refractivity contribution is -0.870. The smallest absolute Gasteiger partial charge is 0.456 e. The summed E-state index contributed by atoms with van der Waals surface area (Å²) < 4.78 is 30.9. The molecular formula is C79H138N2O7P+. The Labute approximate surface area is 549 Å². The van der Waals surface area contributed by atoms with Gasteiger partial charge in [-0.15, -0.1) is 0 Å². The summed E-state index contributed by atoms with van der Waals surface area (Å²) in [5, 5.41) is 3.06. The number of ether oxygens (including phenoxy) is 1. The second kappa shape index (κ2) is 67.1. The van der Waals surface area contributed by atoms with Gasteiger partial charge in [0.05, 0.1) is 33.8 Å². The summed E-state index contributed by atoms with van der Waals surface area (Å²) in [6.07, 6.45) is 96.0. The van der Waals surface area contributed by atoms with Crippen molar-refractivity contribution < 1.29 is 37.3 Å². The number of hydrogen-bond donors (Lipinski definition) is 2. The molecule has 3 atom stereocenters. The van der Waals surface area contributed by atoms with Crippen LogP contribution in [0.4, 0.5) is 0 Å². The van der Waals surface area contributed by atoms with Crippen molar-refractivity contribution in [3.05, 3.63) is 134 Å². The van der Waals surface area contributed by atoms with Gasteiger partial charge in [0.15, 0.2) is 0 Å². The van der Waals surface area contributed by atoms with E-state index in [1.807, 2.05) is 33.3 Å². The minimum atomic E-state index is -4.47. The van der Waals surface area contributed by atoms with Crippen LogP contribution < -0.4 is 5.32 Å². The first kappa shape index (κ1) is 85.2. The first-order valence-corrected chi connectivity index (χ1v) is 38.0. The number of quaternary nitrogens is 1. The fourth-order valence-electron chi connectivity index (χ4n) is 9.99. The number of hydrogen-bond acceptors (Lipinski definition) is 6. The van der Waals surface area contributed by atoms with Gasteiger partial charge in [-0.25, -0.2) is 4.57 Å². The summed E-state index contributed by atoms with van der Waals surface area (Å²) in [6, 6.07) is -0.870. The molecule has 0 aromatic rings. The van der Waals surface area contributed by atoms with E-state index in [0.717, 1.165) is 154 Å². The second-order valence-corrected chi connectivity index (χ2v) is 26.8. The Morgan fingerprint density at radius 2 is 0.719 bits per heavy atom. The van der Waals surface area contributed by atoms with E-state index in [1.54, 1.807) is 0 Å². The summed E-state index contributed by atoms with van der Waals surface area (Å²) in [6.45, 7) is 6.86. The van der Waals surface area contributed by atoms with Crippen molar-refractivity contribution in [2.45, 2.75) is 315 Å². The van der Waals surface area contributed by atoms with Gasteiger partial charge in [0, 0.05) is 12.8 Å². The first-order chi connectivity index (χ1) is 43.4. The van der Waals surface area contributed by atoms with Crippen molar-refractivity contribution in [3.63, 3.8) is 0 Å². The number of rotatable bonds is 65. The molecular weight excluding hydrogens is 1120 g/mol. The van der Waals surface area contributed by atoms with Crippen LogP contribution in [0.5, 0.6) is 0 Å². The van der Waals surface area contributed by atoms with E-state index in [4.69, 9.17) is 13.8 Å². The van der Waals surface area contributed by atoms with E-state index >= 15 is 0 Å². The van der Waals surface area contributed by atoms with E-state index < -0.39 is 20.0 Å². The molecule has 10 heteroatoms. The number of likely N-dealkylation sites (N-methyl/N-ethyl adjacent to an activating group) is 1. The highest BCUT2D eigenvalue weighted by atomic mass is 31.2. The van der Waals surface area contributed by atoms with Gasteiger partial charge in [0.1, 0.15) is 19.3 Å². The number of esters is 1. The molecule has 0 saturated carbocycles. The maximum Gasteiger partial charge on any atom is 0.472 e. The summed E-state index contributed by atoms with van der Waals surface area (Å²) in [4.78, 5) is 38.0. The van der Waals surface area contributed by atoms with Crippen LogP contribution in [0.1, 0.15) is 303 Å². The van der Waals surface area contributed by atoms with Gasteiger partial charge in [-0.2, -0.15) is 0 Å². The molecule has 0 bridgehead atoms. The van der Waals surface area contributed by atoms with Crippen molar-refractivity contribution in [1.29, 1.82) is 0 Å². The van der Waals surface area contributed by atoms with Gasteiger partial charge in [-0.05, 0) is 128 Å². The minimum absolute atomic E-state index is 0.0292. The van der Waals surface area contributed by atoms with Crippen LogP contribution in [-0.4, -0.2) is 74.3 Å². The first-order valence-electron chi connectivity index (χ1n) is 36.5. The molecule has 9 nitrogen and oxygen atoms in total. The zero-order valence-electron chi connectivity index (χ0n) is 58.4. The number of phosphoric acid groups is 1. The van der Waals surface area contributed by atoms with Crippen LogP contribution in [0.3, 0.4) is 0 Å². The number of phosphoric ester groups is 1. The number of carbonyl (C=O) groups is 2. The lowest BCUT2D eigenvalue weighted by Gasteiger charge is -2.27. The number of unbranched alkanes of at least 4 members (excludes halogenated alkanes) is 29. The molecule has 0 rings (SSSR count). The molecule has 0 aromatic heterocycles. The van der Waals surface area contributed by atoms with Gasteiger partial charge >= 0.3 is 13.8 Å². The van der Waals surface area contributed by atoms with Crippen LogP contribution >= 0.6 is 7.82 Å². The topological polar surface area (TPSA) is 111 Å². The van der Waals surface area contributed by atoms with Gasteiger partial charge in [0.2, 0.25) is 5.91 Å². The maximum absolute atomic E-state index is 13.6. The number of nitrogens with zero attached hydrogens (tertiary/aromatic N) is 1. The lowest BCUT2D eigenvalue weighted by Crippen LogP contribution is -2.47. The normalized spacial score (nSPS) is 14.3. The zero-order valence-corrected chi connectivity index (χ0v) is 59.3. The Morgan fingerprint density at radius 3 is 1.10 bits per heavy atom. The third-order valence-electron chi connectivity index (χ3n) is 15.6. The molecule has 2 N–H and O–H groups in total. The standard InChI is InChI=1S/C79H137N2O7P/c1-7-10-13-16-19-22-25-28-30-32-34-36-38-40-42-44-46-48-50-53-56-59-62-65-68-71-78(82)80-76(75-87-89(84,85)86-74-73-81(4,5)6)77(70-67-64-61-58-55-52-27-24-21-18-15-12-9-3)88-79(83)72-69-66-63-60-57-54-51-49-47-45-43-41-39-37-35-33-31-29-26-23-20-17-14-11-8-2/h10,13,19-20,22-23,28-31,34-37,40-43,46,48,67,70,76-77H,7-9,11-12,14-18,21,24-27,32-33,38-39,44-45,47,49-66,68-69,71-75H2,1-6H3,(H-,80,82,84,85)/p+1/b13-10-,22-19-,23-20-,30-28-,31-29-,36-34-,37-35-,42-40-,43-41-,48-46-,70-67+. The molecule has 510 valence electrons. The number of allylic oxidation sites excluding steroid dienone is 21. The molecule has 0 aliphatic rings.